The molecule has 4 rings (SSSR count). The number of phenols is 2. The van der Waals surface area contributed by atoms with Crippen LogP contribution in [-0.2, 0) is 17.1 Å². The number of aromatic hydroxyl groups is 2. The predicted molar refractivity (Wildman–Crippen MR) is 108 cm³/mol. The number of ether oxygens (including phenoxy) is 1. The van der Waals surface area contributed by atoms with E-state index in [1.807, 2.05) is 48.5 Å². The van der Waals surface area contributed by atoms with Crippen LogP contribution in [0.5, 0.6) is 17.2 Å². The van der Waals surface area contributed by atoms with Crippen molar-refractivity contribution in [3.63, 3.8) is 0 Å². The third kappa shape index (κ3) is 6.06. The summed E-state index contributed by atoms with van der Waals surface area (Å²) in [6, 6.07) is 20.0. The number of hydrogen-bond donors (Lipinski definition) is 2. The molecule has 0 amide bonds. The van der Waals surface area contributed by atoms with Crippen LogP contribution in [0.1, 0.15) is 0 Å². The number of rotatable bonds is 4. The zero-order chi connectivity index (χ0) is 19.5. The number of methoxy groups -OCH3 is 1. The van der Waals surface area contributed by atoms with Crippen LogP contribution in [0.4, 0.5) is 0 Å². The topological polar surface area (TPSA) is 75.5 Å². The molecule has 2 aromatic carbocycles. The Morgan fingerprint density at radius 2 is 1.19 bits per heavy atom. The molecule has 0 radical (unpaired) electrons. The van der Waals surface area contributed by atoms with Crippen LogP contribution in [0.3, 0.4) is 0 Å². The van der Waals surface area contributed by atoms with E-state index in [1.165, 1.54) is 7.11 Å². The standard InChI is InChI=1S/C23H18N2O3.3ClH.Mn/c1-28-22-8-4-6-18(23(22)27)16-10-12-20(25-14-16)19-11-9-15(13-24-19)17-5-2-3-7-21(17)26;;;;/h2-14,26-27H,1H3;3*1H;/q;;;;+3/p-3. The van der Waals surface area contributed by atoms with Crippen LogP contribution in [0.2, 0.25) is 0 Å². The molecule has 0 saturated heterocycles. The van der Waals surface area contributed by atoms with Crippen molar-refractivity contribution >= 4 is 0 Å². The molecule has 2 aromatic heterocycles. The minimum absolute atomic E-state index is 0. The van der Waals surface area contributed by atoms with Crippen molar-refractivity contribution in [3.05, 3.63) is 79.1 Å². The van der Waals surface area contributed by atoms with Crippen LogP contribution in [0.15, 0.2) is 79.1 Å². The van der Waals surface area contributed by atoms with Gasteiger partial charge in [0.15, 0.2) is 11.5 Å². The van der Waals surface area contributed by atoms with Gasteiger partial charge in [-0.1, -0.05) is 42.5 Å². The largest absolute Gasteiger partial charge is 3.00 e. The average Bonchev–Trinajstić information content (AvgIpc) is 2.75. The van der Waals surface area contributed by atoms with E-state index < -0.39 is 0 Å². The molecule has 4 aromatic rings. The molecular weight excluding hydrogens is 514 g/mol. The van der Waals surface area contributed by atoms with Gasteiger partial charge in [-0.25, -0.2) is 0 Å². The molecule has 5 nitrogen and oxygen atoms in total. The molecule has 166 valence electrons. The molecular formula is C23H18Cl3MnN2O3. The molecule has 0 aliphatic carbocycles. The maximum Gasteiger partial charge on any atom is 3.00 e. The van der Waals surface area contributed by atoms with Gasteiger partial charge in [0.2, 0.25) is 0 Å². The van der Waals surface area contributed by atoms with Crippen LogP contribution in [-0.4, -0.2) is 27.3 Å². The van der Waals surface area contributed by atoms with Crippen molar-refractivity contribution in [3.8, 4) is 50.9 Å². The Balaban J connectivity index is 0.00000240. The van der Waals surface area contributed by atoms with Crippen LogP contribution in [0, 0.1) is 0 Å². The average molecular weight is 532 g/mol. The Hall–Kier alpha value is -2.47. The van der Waals surface area contributed by atoms with Gasteiger partial charge < -0.3 is 52.2 Å². The Bertz CT molecular complexity index is 1130. The van der Waals surface area contributed by atoms with Gasteiger partial charge >= 0.3 is 17.1 Å². The summed E-state index contributed by atoms with van der Waals surface area (Å²) in [7, 11) is 1.52. The maximum atomic E-state index is 10.3. The summed E-state index contributed by atoms with van der Waals surface area (Å²) in [5.41, 5.74) is 4.45. The summed E-state index contributed by atoms with van der Waals surface area (Å²) >= 11 is 0. The maximum absolute atomic E-state index is 10.3. The van der Waals surface area contributed by atoms with E-state index in [2.05, 4.69) is 9.97 Å². The first-order valence-electron chi connectivity index (χ1n) is 8.74. The van der Waals surface area contributed by atoms with Crippen LogP contribution >= 0.6 is 0 Å². The number of hydrogen-bond acceptors (Lipinski definition) is 5. The number of halogens is 3. The molecule has 0 unspecified atom stereocenters. The molecule has 0 aliphatic heterocycles. The predicted octanol–water partition coefficient (Wildman–Crippen LogP) is -4.09. The minimum atomic E-state index is 0. The van der Waals surface area contributed by atoms with E-state index in [9.17, 15) is 10.2 Å². The molecule has 2 heterocycles. The second-order valence-corrected chi connectivity index (χ2v) is 6.24. The van der Waals surface area contributed by atoms with Crippen LogP contribution < -0.4 is 42.0 Å². The molecule has 0 atom stereocenters. The van der Waals surface area contributed by atoms with E-state index in [0.717, 1.165) is 28.1 Å². The normalized spacial score (nSPS) is 9.28. The summed E-state index contributed by atoms with van der Waals surface area (Å²) in [5.74, 6) is 0.727. The number of nitrogens with zero attached hydrogens (tertiary/aromatic N) is 2. The first kappa shape index (κ1) is 29.5. The smallest absolute Gasteiger partial charge is 1.00 e. The Labute approximate surface area is 215 Å². The van der Waals surface area contributed by atoms with Crippen molar-refractivity contribution < 1.29 is 69.2 Å². The quantitative estimate of drug-likeness (QED) is 0.262. The molecule has 0 bridgehead atoms. The molecule has 0 aliphatic rings. The SMILES string of the molecule is COc1cccc(-c2ccc(-c3ccc(-c4ccccc4O)cn3)nc2)c1O.[Cl-].[Cl-].[Cl-].[Mn+3]. The van der Waals surface area contributed by atoms with E-state index in [4.69, 9.17) is 4.74 Å². The van der Waals surface area contributed by atoms with Crippen molar-refractivity contribution in [1.82, 2.24) is 9.97 Å². The molecule has 32 heavy (non-hydrogen) atoms. The van der Waals surface area contributed by atoms with Gasteiger partial charge in [0.05, 0.1) is 18.5 Å². The van der Waals surface area contributed by atoms with Gasteiger partial charge in [-0.05, 0) is 24.3 Å². The summed E-state index contributed by atoms with van der Waals surface area (Å²) in [4.78, 5) is 8.95. The Morgan fingerprint density at radius 3 is 1.69 bits per heavy atom. The van der Waals surface area contributed by atoms with Gasteiger partial charge in [0.1, 0.15) is 5.75 Å². The zero-order valence-corrected chi connectivity index (χ0v) is 20.2. The monoisotopic (exact) mass is 530 g/mol. The van der Waals surface area contributed by atoms with Gasteiger partial charge in [0.25, 0.3) is 0 Å². The number of pyridine rings is 2. The van der Waals surface area contributed by atoms with Gasteiger partial charge in [-0.3, -0.25) is 9.97 Å². The van der Waals surface area contributed by atoms with E-state index in [-0.39, 0.29) is 65.8 Å². The number of phenolic OH excluding ortho intramolecular Hbond substituents is 2. The third-order valence-electron chi connectivity index (χ3n) is 4.53. The van der Waals surface area contributed by atoms with Crippen LogP contribution in [0.25, 0.3) is 33.6 Å². The third-order valence-corrected chi connectivity index (χ3v) is 4.53. The summed E-state index contributed by atoms with van der Waals surface area (Å²) in [6.45, 7) is 0. The molecule has 9 heteroatoms. The van der Waals surface area contributed by atoms with Gasteiger partial charge in [-0.15, -0.1) is 0 Å². The first-order valence-corrected chi connectivity index (χ1v) is 8.74. The Morgan fingerprint density at radius 1 is 0.656 bits per heavy atom. The molecule has 0 fully saturated rings. The van der Waals surface area contributed by atoms with Crippen molar-refractivity contribution in [2.75, 3.05) is 7.11 Å². The fourth-order valence-electron chi connectivity index (χ4n) is 3.05. The van der Waals surface area contributed by atoms with Crippen molar-refractivity contribution in [2.45, 2.75) is 0 Å². The molecule has 0 spiro atoms. The fraction of sp³-hybridized carbons (Fsp3) is 0.0435. The Kier molecular flexibility index (Phi) is 12.1. The summed E-state index contributed by atoms with van der Waals surface area (Å²) < 4.78 is 5.16. The molecule has 2 N–H and O–H groups in total. The van der Waals surface area contributed by atoms with Gasteiger partial charge in [0, 0.05) is 34.6 Å². The second-order valence-electron chi connectivity index (χ2n) is 6.24. The number of aromatic nitrogens is 2. The second kappa shape index (κ2) is 13.2. The summed E-state index contributed by atoms with van der Waals surface area (Å²) in [5, 5.41) is 20.3. The van der Waals surface area contributed by atoms with Crippen molar-refractivity contribution in [2.24, 2.45) is 0 Å². The fourth-order valence-corrected chi connectivity index (χ4v) is 3.05. The van der Waals surface area contributed by atoms with E-state index in [1.54, 1.807) is 30.6 Å². The van der Waals surface area contributed by atoms with Gasteiger partial charge in [-0.2, -0.15) is 0 Å². The number of para-hydroxylation sites is 2. The van der Waals surface area contributed by atoms with E-state index in [0.29, 0.717) is 11.3 Å². The zero-order valence-electron chi connectivity index (χ0n) is 16.7. The minimum Gasteiger partial charge on any atom is -1.00 e. The number of benzene rings is 2. The first-order chi connectivity index (χ1) is 13.7. The summed E-state index contributed by atoms with van der Waals surface area (Å²) in [6.07, 6.45) is 3.41. The van der Waals surface area contributed by atoms with E-state index >= 15 is 0 Å². The van der Waals surface area contributed by atoms with Crippen molar-refractivity contribution in [1.29, 1.82) is 0 Å². The molecule has 0 saturated carbocycles.